The summed E-state index contributed by atoms with van der Waals surface area (Å²) in [6, 6.07) is 7.90. The van der Waals surface area contributed by atoms with Crippen molar-refractivity contribution in [3.8, 4) is 11.5 Å². The molecule has 6 heteroatoms. The van der Waals surface area contributed by atoms with Crippen LogP contribution < -0.4 is 10.6 Å². The maximum absolute atomic E-state index is 12.2. The lowest BCUT2D eigenvalue weighted by atomic mass is 10.1. The van der Waals surface area contributed by atoms with E-state index < -0.39 is 0 Å². The lowest BCUT2D eigenvalue weighted by Gasteiger charge is -2.20. The second kappa shape index (κ2) is 7.70. The zero-order valence-corrected chi connectivity index (χ0v) is 15.1. The highest BCUT2D eigenvalue weighted by Gasteiger charge is 2.24. The molecule has 0 unspecified atom stereocenters. The number of anilines is 1. The minimum absolute atomic E-state index is 0.177. The van der Waals surface area contributed by atoms with Gasteiger partial charge in [0.25, 0.3) is 0 Å². The largest absolute Gasteiger partial charge is 0.441 e. The van der Waals surface area contributed by atoms with Gasteiger partial charge in [-0.2, -0.15) is 0 Å². The van der Waals surface area contributed by atoms with Gasteiger partial charge in [0.2, 0.25) is 5.89 Å². The summed E-state index contributed by atoms with van der Waals surface area (Å²) in [6.07, 6.45) is 2.82. The number of aryl methyl sites for hydroxylation is 1. The van der Waals surface area contributed by atoms with E-state index >= 15 is 0 Å². The molecule has 134 valence electrons. The van der Waals surface area contributed by atoms with Gasteiger partial charge in [-0.05, 0) is 57.9 Å². The molecule has 0 spiro atoms. The zero-order chi connectivity index (χ0) is 17.8. The quantitative estimate of drug-likeness (QED) is 0.872. The second-order valence-corrected chi connectivity index (χ2v) is 6.94. The van der Waals surface area contributed by atoms with E-state index in [0.29, 0.717) is 24.4 Å². The lowest BCUT2D eigenvalue weighted by molar-refractivity contribution is 0.247. The van der Waals surface area contributed by atoms with Crippen LogP contribution >= 0.6 is 0 Å². The third-order valence-electron chi connectivity index (χ3n) is 4.59. The summed E-state index contributed by atoms with van der Waals surface area (Å²) in [5, 5.41) is 5.86. The lowest BCUT2D eigenvalue weighted by Crippen LogP contribution is -2.35. The van der Waals surface area contributed by atoms with Crippen LogP contribution in [0.4, 0.5) is 10.5 Å². The Kier molecular flexibility index (Phi) is 5.38. The van der Waals surface area contributed by atoms with Gasteiger partial charge in [0.1, 0.15) is 5.76 Å². The van der Waals surface area contributed by atoms with Gasteiger partial charge in [-0.15, -0.1) is 0 Å². The molecule has 1 aromatic carbocycles. The Labute approximate surface area is 148 Å². The third-order valence-corrected chi connectivity index (χ3v) is 4.59. The van der Waals surface area contributed by atoms with Crippen molar-refractivity contribution in [3.05, 3.63) is 36.2 Å². The number of hydrogen-bond donors (Lipinski definition) is 2. The SMILES string of the molecule is Cc1cnc(-c2cccc(NC(=O)NC[C@@H]3CCN(C(C)C)C3)c2)o1. The van der Waals surface area contributed by atoms with E-state index in [-0.39, 0.29) is 6.03 Å². The van der Waals surface area contributed by atoms with Crippen LogP contribution in [0.2, 0.25) is 0 Å². The summed E-state index contributed by atoms with van der Waals surface area (Å²) in [7, 11) is 0. The van der Waals surface area contributed by atoms with Crippen molar-refractivity contribution in [2.24, 2.45) is 5.92 Å². The molecule has 0 radical (unpaired) electrons. The molecule has 1 saturated heterocycles. The summed E-state index contributed by atoms with van der Waals surface area (Å²) in [5.41, 5.74) is 1.57. The molecule has 6 nitrogen and oxygen atoms in total. The van der Waals surface area contributed by atoms with E-state index in [1.807, 2.05) is 31.2 Å². The zero-order valence-electron chi connectivity index (χ0n) is 15.1. The number of carbonyl (C=O) groups is 1. The first-order valence-corrected chi connectivity index (χ1v) is 8.83. The maximum Gasteiger partial charge on any atom is 0.319 e. The molecular weight excluding hydrogens is 316 g/mol. The summed E-state index contributed by atoms with van der Waals surface area (Å²) in [5.74, 6) is 1.84. The number of oxazole rings is 1. The number of urea groups is 1. The molecule has 1 aliphatic rings. The Morgan fingerprint density at radius 3 is 2.96 bits per heavy atom. The molecule has 1 aromatic heterocycles. The minimum Gasteiger partial charge on any atom is -0.441 e. The monoisotopic (exact) mass is 342 g/mol. The average Bonchev–Trinajstić information content (AvgIpc) is 3.22. The predicted octanol–water partition coefficient (Wildman–Crippen LogP) is 3.50. The van der Waals surface area contributed by atoms with Gasteiger partial charge in [0.05, 0.1) is 6.20 Å². The highest BCUT2D eigenvalue weighted by atomic mass is 16.4. The Balaban J connectivity index is 1.51. The average molecular weight is 342 g/mol. The molecule has 1 aliphatic heterocycles. The van der Waals surface area contributed by atoms with Gasteiger partial charge in [-0.1, -0.05) is 6.07 Å². The first-order chi connectivity index (χ1) is 12.0. The van der Waals surface area contributed by atoms with Crippen molar-refractivity contribution in [2.45, 2.75) is 33.2 Å². The number of benzene rings is 1. The number of rotatable bonds is 5. The number of likely N-dealkylation sites (tertiary alicyclic amines) is 1. The second-order valence-electron chi connectivity index (χ2n) is 6.94. The molecule has 2 amide bonds. The summed E-state index contributed by atoms with van der Waals surface area (Å²) in [4.78, 5) is 18.8. The number of nitrogens with zero attached hydrogens (tertiary/aromatic N) is 2. The first kappa shape index (κ1) is 17.5. The molecule has 2 heterocycles. The highest BCUT2D eigenvalue weighted by Crippen LogP contribution is 2.22. The Morgan fingerprint density at radius 1 is 1.44 bits per heavy atom. The summed E-state index contributed by atoms with van der Waals surface area (Å²) >= 11 is 0. The van der Waals surface area contributed by atoms with Crippen LogP contribution in [0.3, 0.4) is 0 Å². The Bertz CT molecular complexity index is 726. The standard InChI is InChI=1S/C19H26N4O2/c1-13(2)23-8-7-15(12-23)11-21-19(24)22-17-6-4-5-16(9-17)18-20-10-14(3)25-18/h4-6,9-10,13,15H,7-8,11-12H2,1-3H3,(H2,21,22,24)/t15-/m0/s1. The molecule has 0 saturated carbocycles. The fraction of sp³-hybridized carbons (Fsp3) is 0.474. The first-order valence-electron chi connectivity index (χ1n) is 8.83. The van der Waals surface area contributed by atoms with Crippen LogP contribution in [-0.2, 0) is 0 Å². The minimum atomic E-state index is -0.177. The van der Waals surface area contributed by atoms with E-state index in [9.17, 15) is 4.79 Å². The summed E-state index contributed by atoms with van der Waals surface area (Å²) in [6.45, 7) is 9.15. The number of amides is 2. The number of aromatic nitrogens is 1. The molecule has 0 bridgehead atoms. The van der Waals surface area contributed by atoms with Gasteiger partial charge < -0.3 is 20.0 Å². The van der Waals surface area contributed by atoms with Gasteiger partial charge in [-0.25, -0.2) is 9.78 Å². The van der Waals surface area contributed by atoms with Crippen LogP contribution in [0.5, 0.6) is 0 Å². The van der Waals surface area contributed by atoms with Crippen molar-refractivity contribution in [1.29, 1.82) is 0 Å². The van der Waals surface area contributed by atoms with Crippen LogP contribution in [0.1, 0.15) is 26.0 Å². The number of nitrogens with one attached hydrogen (secondary N) is 2. The van der Waals surface area contributed by atoms with Crippen molar-refractivity contribution in [2.75, 3.05) is 25.0 Å². The molecule has 3 rings (SSSR count). The molecule has 25 heavy (non-hydrogen) atoms. The van der Waals surface area contributed by atoms with E-state index in [0.717, 1.165) is 36.5 Å². The van der Waals surface area contributed by atoms with Gasteiger partial charge in [0, 0.05) is 30.4 Å². The molecular formula is C19H26N4O2. The molecule has 1 atom stereocenters. The maximum atomic E-state index is 12.2. The number of carbonyl (C=O) groups excluding carboxylic acids is 1. The van der Waals surface area contributed by atoms with Gasteiger partial charge >= 0.3 is 6.03 Å². The van der Waals surface area contributed by atoms with Gasteiger partial charge in [-0.3, -0.25) is 0 Å². The topological polar surface area (TPSA) is 70.4 Å². The van der Waals surface area contributed by atoms with E-state index in [2.05, 4.69) is 34.4 Å². The molecule has 2 aromatic rings. The predicted molar refractivity (Wildman–Crippen MR) is 98.5 cm³/mol. The van der Waals surface area contributed by atoms with Crippen molar-refractivity contribution >= 4 is 11.7 Å². The summed E-state index contributed by atoms with van der Waals surface area (Å²) < 4.78 is 5.53. The van der Waals surface area contributed by atoms with Gasteiger partial charge in [0.15, 0.2) is 0 Å². The van der Waals surface area contributed by atoms with Crippen LogP contribution in [0.15, 0.2) is 34.9 Å². The van der Waals surface area contributed by atoms with E-state index in [1.165, 1.54) is 0 Å². The van der Waals surface area contributed by atoms with Crippen LogP contribution in [0, 0.1) is 12.8 Å². The normalized spacial score (nSPS) is 17.8. The third kappa shape index (κ3) is 4.60. The number of hydrogen-bond acceptors (Lipinski definition) is 4. The molecule has 0 aliphatic carbocycles. The Hall–Kier alpha value is -2.34. The van der Waals surface area contributed by atoms with E-state index in [1.54, 1.807) is 6.20 Å². The molecule has 2 N–H and O–H groups in total. The van der Waals surface area contributed by atoms with Crippen molar-refractivity contribution < 1.29 is 9.21 Å². The Morgan fingerprint density at radius 2 is 2.28 bits per heavy atom. The molecule has 1 fully saturated rings. The fourth-order valence-electron chi connectivity index (χ4n) is 3.13. The van der Waals surface area contributed by atoms with Crippen molar-refractivity contribution in [3.63, 3.8) is 0 Å². The highest BCUT2D eigenvalue weighted by molar-refractivity contribution is 5.89. The van der Waals surface area contributed by atoms with Crippen molar-refractivity contribution in [1.82, 2.24) is 15.2 Å². The van der Waals surface area contributed by atoms with Crippen LogP contribution in [0.25, 0.3) is 11.5 Å². The smallest absolute Gasteiger partial charge is 0.319 e. The van der Waals surface area contributed by atoms with Crippen LogP contribution in [-0.4, -0.2) is 41.6 Å². The fourth-order valence-corrected chi connectivity index (χ4v) is 3.13. The van der Waals surface area contributed by atoms with E-state index in [4.69, 9.17) is 4.42 Å².